The summed E-state index contributed by atoms with van der Waals surface area (Å²) in [4.78, 5) is 2.37. The van der Waals surface area contributed by atoms with Crippen LogP contribution < -0.4 is 10.6 Å². The summed E-state index contributed by atoms with van der Waals surface area (Å²) >= 11 is 0. The monoisotopic (exact) mass is 206 g/mol. The first-order valence-electron chi connectivity index (χ1n) is 5.59. The van der Waals surface area contributed by atoms with Crippen LogP contribution in [0.5, 0.6) is 0 Å². The first kappa shape index (κ1) is 12.1. The number of nitrogens with zero attached hydrogens (tertiary/aromatic N) is 1. The Hall–Kier alpha value is -1.02. The molecule has 0 aromatic heterocycles. The maximum absolute atomic E-state index is 5.76. The highest BCUT2D eigenvalue weighted by Crippen LogP contribution is 2.20. The molecule has 0 radical (unpaired) electrons. The van der Waals surface area contributed by atoms with Gasteiger partial charge >= 0.3 is 0 Å². The molecular weight excluding hydrogens is 184 g/mol. The number of hydrogen-bond acceptors (Lipinski definition) is 2. The van der Waals surface area contributed by atoms with E-state index >= 15 is 0 Å². The SMILES string of the molecule is CCN(CC(C)(C)CN)c1ccccc1. The summed E-state index contributed by atoms with van der Waals surface area (Å²) in [5.41, 5.74) is 7.21. The van der Waals surface area contributed by atoms with E-state index in [1.807, 2.05) is 6.07 Å². The maximum Gasteiger partial charge on any atom is 0.0366 e. The Kier molecular flexibility index (Phi) is 4.15. The van der Waals surface area contributed by atoms with Gasteiger partial charge in [0.2, 0.25) is 0 Å². The fourth-order valence-electron chi connectivity index (χ4n) is 1.61. The Bertz CT molecular complexity index is 280. The molecular formula is C13H22N2. The zero-order valence-corrected chi connectivity index (χ0v) is 10.0. The molecule has 0 heterocycles. The molecule has 2 heteroatoms. The van der Waals surface area contributed by atoms with E-state index in [1.165, 1.54) is 5.69 Å². The van der Waals surface area contributed by atoms with Crippen LogP contribution >= 0.6 is 0 Å². The van der Waals surface area contributed by atoms with Gasteiger partial charge in [0.05, 0.1) is 0 Å². The van der Waals surface area contributed by atoms with Crippen molar-refractivity contribution in [1.29, 1.82) is 0 Å². The number of rotatable bonds is 5. The zero-order valence-electron chi connectivity index (χ0n) is 10.0. The molecule has 0 fully saturated rings. The van der Waals surface area contributed by atoms with Gasteiger partial charge < -0.3 is 10.6 Å². The minimum atomic E-state index is 0.172. The van der Waals surface area contributed by atoms with E-state index in [2.05, 4.69) is 49.9 Å². The summed E-state index contributed by atoms with van der Waals surface area (Å²) in [6.07, 6.45) is 0. The average molecular weight is 206 g/mol. The minimum absolute atomic E-state index is 0.172. The number of nitrogens with two attached hydrogens (primary N) is 1. The normalized spacial score (nSPS) is 11.5. The van der Waals surface area contributed by atoms with Crippen LogP contribution in [-0.2, 0) is 0 Å². The second kappa shape index (κ2) is 5.17. The highest BCUT2D eigenvalue weighted by atomic mass is 15.1. The van der Waals surface area contributed by atoms with E-state index in [1.54, 1.807) is 0 Å². The van der Waals surface area contributed by atoms with E-state index in [-0.39, 0.29) is 5.41 Å². The van der Waals surface area contributed by atoms with E-state index in [9.17, 15) is 0 Å². The molecule has 1 aromatic rings. The highest BCUT2D eigenvalue weighted by molar-refractivity contribution is 5.46. The standard InChI is InChI=1S/C13H22N2/c1-4-15(11-13(2,3)10-14)12-8-6-5-7-9-12/h5-9H,4,10-11,14H2,1-3H3. The Morgan fingerprint density at radius 2 is 1.80 bits per heavy atom. The molecule has 0 aliphatic carbocycles. The van der Waals surface area contributed by atoms with Crippen LogP contribution in [0.4, 0.5) is 5.69 Å². The van der Waals surface area contributed by atoms with Crippen LogP contribution in [0, 0.1) is 5.41 Å². The van der Waals surface area contributed by atoms with Crippen molar-refractivity contribution in [3.05, 3.63) is 30.3 Å². The summed E-state index contributed by atoms with van der Waals surface area (Å²) in [7, 11) is 0. The van der Waals surface area contributed by atoms with Crippen LogP contribution in [0.25, 0.3) is 0 Å². The third-order valence-electron chi connectivity index (χ3n) is 2.67. The first-order valence-corrected chi connectivity index (χ1v) is 5.59. The molecule has 1 aromatic carbocycles. The van der Waals surface area contributed by atoms with Gasteiger partial charge in [-0.15, -0.1) is 0 Å². The number of hydrogen-bond donors (Lipinski definition) is 1. The second-order valence-corrected chi connectivity index (χ2v) is 4.72. The van der Waals surface area contributed by atoms with Crippen molar-refractivity contribution in [2.75, 3.05) is 24.5 Å². The molecule has 0 saturated heterocycles. The van der Waals surface area contributed by atoms with Crippen molar-refractivity contribution >= 4 is 5.69 Å². The summed E-state index contributed by atoms with van der Waals surface area (Å²) in [5.74, 6) is 0. The van der Waals surface area contributed by atoms with Crippen molar-refractivity contribution < 1.29 is 0 Å². The molecule has 2 N–H and O–H groups in total. The van der Waals surface area contributed by atoms with Gasteiger partial charge in [0.25, 0.3) is 0 Å². The molecule has 15 heavy (non-hydrogen) atoms. The van der Waals surface area contributed by atoms with Gasteiger partial charge in [-0.3, -0.25) is 0 Å². The maximum atomic E-state index is 5.76. The van der Waals surface area contributed by atoms with Gasteiger partial charge in [-0.25, -0.2) is 0 Å². The molecule has 0 aliphatic rings. The molecule has 0 spiro atoms. The quantitative estimate of drug-likeness (QED) is 0.802. The molecule has 0 unspecified atom stereocenters. The van der Waals surface area contributed by atoms with Gasteiger partial charge in [-0.1, -0.05) is 32.0 Å². The predicted octanol–water partition coefficient (Wildman–Crippen LogP) is 2.50. The van der Waals surface area contributed by atoms with Crippen LogP contribution in [0.15, 0.2) is 30.3 Å². The number of benzene rings is 1. The molecule has 84 valence electrons. The van der Waals surface area contributed by atoms with Crippen LogP contribution in [0.1, 0.15) is 20.8 Å². The van der Waals surface area contributed by atoms with Crippen molar-refractivity contribution in [3.8, 4) is 0 Å². The van der Waals surface area contributed by atoms with Crippen molar-refractivity contribution in [1.82, 2.24) is 0 Å². The minimum Gasteiger partial charge on any atom is -0.371 e. The van der Waals surface area contributed by atoms with Crippen molar-refractivity contribution in [3.63, 3.8) is 0 Å². The van der Waals surface area contributed by atoms with E-state index in [4.69, 9.17) is 5.73 Å². The fraction of sp³-hybridized carbons (Fsp3) is 0.538. The lowest BCUT2D eigenvalue weighted by Gasteiger charge is -2.32. The molecule has 0 amide bonds. The Morgan fingerprint density at radius 3 is 2.27 bits per heavy atom. The number of para-hydroxylation sites is 1. The van der Waals surface area contributed by atoms with Gasteiger partial charge in [-0.2, -0.15) is 0 Å². The molecule has 0 atom stereocenters. The largest absolute Gasteiger partial charge is 0.371 e. The molecule has 2 nitrogen and oxygen atoms in total. The van der Waals surface area contributed by atoms with E-state index < -0.39 is 0 Å². The van der Waals surface area contributed by atoms with Gasteiger partial charge in [0.15, 0.2) is 0 Å². The van der Waals surface area contributed by atoms with Crippen molar-refractivity contribution in [2.24, 2.45) is 11.1 Å². The van der Waals surface area contributed by atoms with E-state index in [0.717, 1.165) is 19.6 Å². The molecule has 0 bridgehead atoms. The third kappa shape index (κ3) is 3.56. The number of anilines is 1. The van der Waals surface area contributed by atoms with Crippen LogP contribution in [-0.4, -0.2) is 19.6 Å². The summed E-state index contributed by atoms with van der Waals surface area (Å²) in [5, 5.41) is 0. The van der Waals surface area contributed by atoms with Gasteiger partial charge in [0, 0.05) is 18.8 Å². The fourth-order valence-corrected chi connectivity index (χ4v) is 1.61. The summed E-state index contributed by atoms with van der Waals surface area (Å²) < 4.78 is 0. The van der Waals surface area contributed by atoms with E-state index in [0.29, 0.717) is 0 Å². The topological polar surface area (TPSA) is 29.3 Å². The Balaban J connectivity index is 2.73. The third-order valence-corrected chi connectivity index (χ3v) is 2.67. The Morgan fingerprint density at radius 1 is 1.20 bits per heavy atom. The summed E-state index contributed by atoms with van der Waals surface area (Å²) in [6.45, 7) is 9.34. The molecule has 0 aliphatic heterocycles. The molecule has 1 rings (SSSR count). The first-order chi connectivity index (χ1) is 7.09. The van der Waals surface area contributed by atoms with Gasteiger partial charge in [-0.05, 0) is 31.0 Å². The smallest absolute Gasteiger partial charge is 0.0366 e. The second-order valence-electron chi connectivity index (χ2n) is 4.72. The zero-order chi connectivity index (χ0) is 11.3. The van der Waals surface area contributed by atoms with Crippen LogP contribution in [0.2, 0.25) is 0 Å². The van der Waals surface area contributed by atoms with Crippen LogP contribution in [0.3, 0.4) is 0 Å². The predicted molar refractivity (Wildman–Crippen MR) is 67.2 cm³/mol. The lowest BCUT2D eigenvalue weighted by molar-refractivity contribution is 0.380. The van der Waals surface area contributed by atoms with Gasteiger partial charge in [0.1, 0.15) is 0 Å². The average Bonchev–Trinajstić information content (AvgIpc) is 2.27. The van der Waals surface area contributed by atoms with Crippen molar-refractivity contribution in [2.45, 2.75) is 20.8 Å². The lowest BCUT2D eigenvalue weighted by atomic mass is 9.93. The lowest BCUT2D eigenvalue weighted by Crippen LogP contribution is -2.38. The highest BCUT2D eigenvalue weighted by Gasteiger charge is 2.19. The Labute approximate surface area is 93.1 Å². The summed E-state index contributed by atoms with van der Waals surface area (Å²) in [6, 6.07) is 10.5. The molecule has 0 saturated carbocycles.